The number of nitrogens with zero attached hydrogens (tertiary/aromatic N) is 3. The number of nitrogens with two attached hydrogens (primary N) is 1. The molecule has 0 radical (unpaired) electrons. The number of sulfonamides is 1. The van der Waals surface area contributed by atoms with E-state index in [1.54, 1.807) is 10.6 Å². The number of pyridine rings is 1. The van der Waals surface area contributed by atoms with E-state index >= 15 is 0 Å². The average molecular weight is 607 g/mol. The number of primary amides is 1. The zero-order valence-electron chi connectivity index (χ0n) is 24.9. The van der Waals surface area contributed by atoms with Gasteiger partial charge in [-0.25, -0.2) is 8.42 Å². The Morgan fingerprint density at radius 3 is 2.31 bits per heavy atom. The third-order valence-corrected chi connectivity index (χ3v) is 8.87. The molecule has 234 valence electrons. The van der Waals surface area contributed by atoms with Gasteiger partial charge in [0.15, 0.2) is 0 Å². The number of aliphatic hydroxyl groups excluding tert-OH is 2. The maximum atomic E-state index is 12.1. The van der Waals surface area contributed by atoms with Gasteiger partial charge in [0, 0.05) is 37.8 Å². The van der Waals surface area contributed by atoms with Crippen LogP contribution in [0.2, 0.25) is 0 Å². The number of aliphatic hydroxyl groups is 2. The Bertz CT molecular complexity index is 1330. The molecule has 2 bridgehead atoms. The highest BCUT2D eigenvalue weighted by Crippen LogP contribution is 2.35. The smallest absolute Gasteiger partial charge is 0.264 e. The topological polar surface area (TPSA) is 155 Å². The molecule has 1 aromatic carbocycles. The van der Waals surface area contributed by atoms with Crippen molar-refractivity contribution < 1.29 is 28.2 Å². The van der Waals surface area contributed by atoms with E-state index in [9.17, 15) is 23.1 Å². The third-order valence-electron chi connectivity index (χ3n) is 7.60. The van der Waals surface area contributed by atoms with Crippen LogP contribution in [0.15, 0.2) is 35.1 Å². The van der Waals surface area contributed by atoms with Gasteiger partial charge in [-0.1, -0.05) is 24.6 Å². The van der Waals surface area contributed by atoms with Crippen molar-refractivity contribution in [3.63, 3.8) is 0 Å². The van der Waals surface area contributed by atoms with Crippen LogP contribution in [0.4, 0.5) is 0 Å². The molecule has 2 aliphatic rings. The van der Waals surface area contributed by atoms with Crippen LogP contribution in [0.3, 0.4) is 0 Å². The van der Waals surface area contributed by atoms with Gasteiger partial charge in [0.2, 0.25) is 10.0 Å². The van der Waals surface area contributed by atoms with Crippen LogP contribution >= 0.6 is 0 Å². The fourth-order valence-electron chi connectivity index (χ4n) is 5.76. The molecule has 4 N–H and O–H groups in total. The van der Waals surface area contributed by atoms with Crippen LogP contribution in [-0.2, 0) is 14.8 Å². The molecule has 2 aliphatic heterocycles. The summed E-state index contributed by atoms with van der Waals surface area (Å²) in [5.41, 5.74) is 5.75. The molecule has 2 aromatic rings. The van der Waals surface area contributed by atoms with Gasteiger partial charge in [-0.15, -0.1) is 12.8 Å². The molecule has 12 heteroatoms. The molecule has 1 amide bonds. The number of fused-ring (bicyclic) bond motifs is 3. The maximum absolute atomic E-state index is 12.1. The Morgan fingerprint density at radius 1 is 1.14 bits per heavy atom. The summed E-state index contributed by atoms with van der Waals surface area (Å²) in [5.74, 6) is -0.685. The Hall–Kier alpha value is -2.79. The van der Waals surface area contributed by atoms with Crippen molar-refractivity contribution in [2.75, 3.05) is 45.7 Å². The van der Waals surface area contributed by atoms with E-state index in [2.05, 4.69) is 17.7 Å². The molecule has 2 saturated heterocycles. The van der Waals surface area contributed by atoms with Gasteiger partial charge in [0.05, 0.1) is 37.7 Å². The van der Waals surface area contributed by atoms with Crippen LogP contribution in [0.1, 0.15) is 62.4 Å². The number of hydrogen-bond acceptors (Lipinski definition) is 8. The number of aromatic nitrogens is 1. The normalized spacial score (nSPS) is 19.2. The minimum absolute atomic E-state index is 0.0216. The second-order valence-electron chi connectivity index (χ2n) is 10.9. The minimum atomic E-state index is -3.39. The Morgan fingerprint density at radius 2 is 1.76 bits per heavy atom. The van der Waals surface area contributed by atoms with E-state index in [0.717, 1.165) is 17.2 Å². The largest absolute Gasteiger partial charge is 0.394 e. The minimum Gasteiger partial charge on any atom is -0.394 e. The highest BCUT2D eigenvalue weighted by Gasteiger charge is 2.37. The second-order valence-corrected chi connectivity index (χ2v) is 12.9. The van der Waals surface area contributed by atoms with Crippen molar-refractivity contribution >= 4 is 26.8 Å². The summed E-state index contributed by atoms with van der Waals surface area (Å²) < 4.78 is 31.7. The molecule has 42 heavy (non-hydrogen) atoms. The van der Waals surface area contributed by atoms with E-state index in [1.165, 1.54) is 36.4 Å². The zero-order chi connectivity index (χ0) is 31.4. The fraction of sp³-hybridized carbons (Fsp3) is 0.600. The van der Waals surface area contributed by atoms with Crippen molar-refractivity contribution in [2.24, 2.45) is 5.73 Å². The van der Waals surface area contributed by atoms with Crippen LogP contribution in [0.5, 0.6) is 0 Å². The van der Waals surface area contributed by atoms with Crippen molar-refractivity contribution in [3.8, 4) is 12.8 Å². The number of terminal acetylenes is 1. The molecule has 2 fully saturated rings. The Balaban J connectivity index is 0.000000288. The predicted molar refractivity (Wildman–Crippen MR) is 165 cm³/mol. The molecular weight excluding hydrogens is 560 g/mol. The fourth-order valence-corrected chi connectivity index (χ4v) is 6.61. The average Bonchev–Trinajstić information content (AvgIpc) is 3.14. The van der Waals surface area contributed by atoms with Crippen LogP contribution in [0, 0.1) is 12.8 Å². The number of benzene rings is 1. The van der Waals surface area contributed by atoms with E-state index in [1.807, 2.05) is 38.1 Å². The Kier molecular flexibility index (Phi) is 14.1. The van der Waals surface area contributed by atoms with E-state index in [4.69, 9.17) is 15.6 Å². The molecule has 3 atom stereocenters. The number of amides is 1. The van der Waals surface area contributed by atoms with Crippen LogP contribution < -0.4 is 11.3 Å². The molecule has 1 unspecified atom stereocenters. The van der Waals surface area contributed by atoms with Crippen molar-refractivity contribution in [3.05, 3.63) is 46.2 Å². The highest BCUT2D eigenvalue weighted by molar-refractivity contribution is 7.88. The van der Waals surface area contributed by atoms with Gasteiger partial charge >= 0.3 is 0 Å². The quantitative estimate of drug-likeness (QED) is 0.243. The maximum Gasteiger partial charge on any atom is 0.264 e. The number of carbonyl (C=O) groups is 1. The summed E-state index contributed by atoms with van der Waals surface area (Å²) in [7, 11) is -3.39. The molecule has 11 nitrogen and oxygen atoms in total. The number of ether oxygens (including phenoxy) is 1. The first kappa shape index (κ1) is 35.4. The number of carbonyl (C=O) groups excluding carboxylic acids is 1. The first-order valence-electron chi connectivity index (χ1n) is 14.3. The van der Waals surface area contributed by atoms with E-state index < -0.39 is 22.0 Å². The lowest BCUT2D eigenvalue weighted by atomic mass is 10.0. The standard InChI is InChI=1S/C15H30N2O5S.C13H14N2O2.C2H2/c1-23(20,21)16(7-9-22-10-8-18)11-15(19)12-17-13-3-2-4-14(17)6-5-13;1-8(2)15-11-6-4-3-5-9(11)7-10(12(14)16)13(15)17;1-2/h13-15,18-19H,2-12H2,1H3;3-8H,1-2H3,(H2,14,16);1-2H/t13-,14+,15?;;. The summed E-state index contributed by atoms with van der Waals surface area (Å²) in [6, 6.07) is 10.1. The number of para-hydroxylation sites is 1. The van der Waals surface area contributed by atoms with Gasteiger partial charge < -0.3 is 25.3 Å². The van der Waals surface area contributed by atoms with Gasteiger partial charge in [-0.3, -0.25) is 14.5 Å². The van der Waals surface area contributed by atoms with Crippen molar-refractivity contribution in [2.45, 2.75) is 70.2 Å². The molecular formula is C30H46N4O7S. The van der Waals surface area contributed by atoms with Crippen molar-refractivity contribution in [1.29, 1.82) is 0 Å². The summed E-state index contributed by atoms with van der Waals surface area (Å²) >= 11 is 0. The number of rotatable bonds is 12. The van der Waals surface area contributed by atoms with E-state index in [0.29, 0.717) is 18.6 Å². The second kappa shape index (κ2) is 16.7. The first-order valence-corrected chi connectivity index (χ1v) is 16.1. The summed E-state index contributed by atoms with van der Waals surface area (Å²) in [4.78, 5) is 25.7. The lowest BCUT2D eigenvalue weighted by Gasteiger charge is -2.36. The molecule has 0 aliphatic carbocycles. The van der Waals surface area contributed by atoms with Crippen molar-refractivity contribution in [1.82, 2.24) is 13.8 Å². The molecule has 0 saturated carbocycles. The third kappa shape index (κ3) is 9.62. The molecule has 0 spiro atoms. The summed E-state index contributed by atoms with van der Waals surface area (Å²) in [6.07, 6.45) is 14.5. The molecule has 1 aromatic heterocycles. The highest BCUT2D eigenvalue weighted by atomic mass is 32.2. The number of hydrogen-bond donors (Lipinski definition) is 3. The van der Waals surface area contributed by atoms with Crippen LogP contribution in [0.25, 0.3) is 10.9 Å². The van der Waals surface area contributed by atoms with E-state index in [-0.39, 0.29) is 50.1 Å². The van der Waals surface area contributed by atoms with Gasteiger partial charge in [0.1, 0.15) is 5.56 Å². The van der Waals surface area contributed by atoms with Crippen LogP contribution in [-0.4, -0.2) is 102 Å². The summed E-state index contributed by atoms with van der Waals surface area (Å²) in [6.45, 7) is 4.96. The van der Waals surface area contributed by atoms with Gasteiger partial charge in [-0.2, -0.15) is 4.31 Å². The predicted octanol–water partition coefficient (Wildman–Crippen LogP) is 1.57. The lowest BCUT2D eigenvalue weighted by Crippen LogP contribution is -2.48. The SMILES string of the molecule is C#C.CC(C)n1c(=O)c(C(N)=O)cc2ccccc21.CS(=O)(=O)N(CCOCCO)CC(O)CN1[C@@H]2CCC[C@H]1CC2. The lowest BCUT2D eigenvalue weighted by molar-refractivity contribution is 0.0449. The number of piperidine rings is 1. The van der Waals surface area contributed by atoms with Gasteiger partial charge in [-0.05, 0) is 57.0 Å². The zero-order valence-corrected chi connectivity index (χ0v) is 25.7. The molecule has 3 heterocycles. The van der Waals surface area contributed by atoms with Gasteiger partial charge in [0.25, 0.3) is 11.5 Å². The monoisotopic (exact) mass is 606 g/mol. The first-order chi connectivity index (χ1) is 19.9. The summed E-state index contributed by atoms with van der Waals surface area (Å²) in [5, 5.41) is 19.9. The molecule has 4 rings (SSSR count). The Labute approximate surface area is 249 Å².